The smallest absolute Gasteiger partial charge is 0.268 e. The Labute approximate surface area is 499 Å². The van der Waals surface area contributed by atoms with E-state index in [2.05, 4.69) is 55.6 Å². The number of carbonyl (C=O) groups excluding carboxylic acids is 1. The zero-order valence-corrected chi connectivity index (χ0v) is 54.9. The minimum Gasteiger partial charge on any atom is -0.756 e. The summed E-state index contributed by atoms with van der Waals surface area (Å²) in [6.45, 7) is 4.67. The first-order valence-electron chi connectivity index (χ1n) is 35.0. The lowest BCUT2D eigenvalue weighted by molar-refractivity contribution is -0.870. The molecule has 0 spiro atoms. The molecule has 0 rings (SSSR count). The van der Waals surface area contributed by atoms with Crippen LogP contribution in [0.5, 0.6) is 0 Å². The van der Waals surface area contributed by atoms with Crippen molar-refractivity contribution in [2.45, 2.75) is 360 Å². The van der Waals surface area contributed by atoms with Crippen molar-refractivity contribution in [1.82, 2.24) is 5.32 Å². The molecule has 0 fully saturated rings. The molecule has 8 nitrogen and oxygen atoms in total. The number of amides is 1. The second-order valence-electron chi connectivity index (χ2n) is 25.2. The fourth-order valence-corrected chi connectivity index (χ4v) is 11.3. The Kier molecular flexibility index (Phi) is 60.8. The summed E-state index contributed by atoms with van der Waals surface area (Å²) in [5, 5.41) is 13.9. The summed E-state index contributed by atoms with van der Waals surface area (Å²) in [5.74, 6) is -0.206. The largest absolute Gasteiger partial charge is 0.756 e. The van der Waals surface area contributed by atoms with E-state index in [4.69, 9.17) is 9.05 Å². The average Bonchev–Trinajstić information content (AvgIpc) is 3.42. The molecule has 0 aliphatic rings. The van der Waals surface area contributed by atoms with Crippen LogP contribution in [0, 0.1) is 0 Å². The highest BCUT2D eigenvalue weighted by atomic mass is 31.2. The van der Waals surface area contributed by atoms with E-state index in [-0.39, 0.29) is 12.5 Å². The van der Waals surface area contributed by atoms with E-state index in [1.54, 1.807) is 6.08 Å². The number of rotatable bonds is 65. The van der Waals surface area contributed by atoms with Gasteiger partial charge in [-0.2, -0.15) is 0 Å². The van der Waals surface area contributed by atoms with Gasteiger partial charge in [0, 0.05) is 6.42 Å². The molecule has 9 heteroatoms. The monoisotopic (exact) mass is 1150 g/mol. The lowest BCUT2D eigenvalue weighted by Crippen LogP contribution is -2.45. The molecule has 0 radical (unpaired) electrons. The third-order valence-corrected chi connectivity index (χ3v) is 17.0. The average molecular weight is 1150 g/mol. The first-order valence-corrected chi connectivity index (χ1v) is 36.5. The Balaban J connectivity index is 4.06. The SMILES string of the molecule is CCCCCCCCCCCCCCC/C=C/CC/C=C/CC/C=C/C(O)C(COP(=O)([O-])OCC[N+](C)(C)C)NC(=O)CCCCCCCCCCCCCCCCCCC/C=C\CCCCCCCCCCCCCCCC. The number of unbranched alkanes of at least 4 members (excludes halogenated alkanes) is 46. The van der Waals surface area contributed by atoms with E-state index >= 15 is 0 Å². The zero-order chi connectivity index (χ0) is 58.4. The molecule has 0 aliphatic heterocycles. The topological polar surface area (TPSA) is 108 Å². The number of likely N-dealkylation sites (N-methyl/N-ethyl adjacent to an activating group) is 1. The lowest BCUT2D eigenvalue weighted by Gasteiger charge is -2.29. The molecule has 1 amide bonds. The maximum Gasteiger partial charge on any atom is 0.268 e. The van der Waals surface area contributed by atoms with Gasteiger partial charge in [0.1, 0.15) is 13.2 Å². The van der Waals surface area contributed by atoms with E-state index in [0.717, 1.165) is 44.9 Å². The summed E-state index contributed by atoms with van der Waals surface area (Å²) in [4.78, 5) is 25.6. The number of allylic oxidation sites excluding steroid dienone is 7. The molecule has 2 N–H and O–H groups in total. The van der Waals surface area contributed by atoms with Crippen LogP contribution in [-0.4, -0.2) is 68.5 Å². The van der Waals surface area contributed by atoms with Gasteiger partial charge in [-0.15, -0.1) is 0 Å². The van der Waals surface area contributed by atoms with E-state index in [9.17, 15) is 19.4 Å². The van der Waals surface area contributed by atoms with Crippen LogP contribution in [0.15, 0.2) is 48.6 Å². The molecule has 0 aromatic carbocycles. The number of hydrogen-bond acceptors (Lipinski definition) is 6. The Morgan fingerprint density at radius 1 is 0.425 bits per heavy atom. The van der Waals surface area contributed by atoms with Gasteiger partial charge in [0.2, 0.25) is 5.91 Å². The van der Waals surface area contributed by atoms with Crippen LogP contribution in [-0.2, 0) is 18.4 Å². The maximum absolute atomic E-state index is 13.0. The number of quaternary nitrogens is 1. The summed E-state index contributed by atoms with van der Waals surface area (Å²) in [7, 11) is 1.25. The number of hydrogen-bond donors (Lipinski definition) is 2. The number of nitrogens with zero attached hydrogens (tertiary/aromatic N) is 1. The lowest BCUT2D eigenvalue weighted by atomic mass is 10.0. The molecule has 0 heterocycles. The van der Waals surface area contributed by atoms with Gasteiger partial charge in [-0.25, -0.2) is 0 Å². The van der Waals surface area contributed by atoms with Crippen molar-refractivity contribution in [1.29, 1.82) is 0 Å². The molecule has 0 aromatic rings. The molecule has 472 valence electrons. The number of aliphatic hydroxyl groups is 1. The highest BCUT2D eigenvalue weighted by Gasteiger charge is 2.23. The van der Waals surface area contributed by atoms with Gasteiger partial charge in [-0.05, 0) is 70.6 Å². The van der Waals surface area contributed by atoms with Crippen molar-refractivity contribution in [2.75, 3.05) is 40.9 Å². The molecule has 0 aromatic heterocycles. The summed E-state index contributed by atoms with van der Waals surface area (Å²) in [6, 6.07) is -0.911. The van der Waals surface area contributed by atoms with Gasteiger partial charge in [0.25, 0.3) is 7.82 Å². The quantitative estimate of drug-likeness (QED) is 0.0272. The third kappa shape index (κ3) is 64.0. The molecule has 0 saturated heterocycles. The van der Waals surface area contributed by atoms with Crippen LogP contribution in [0.3, 0.4) is 0 Å². The normalized spacial score (nSPS) is 13.9. The molecule has 0 bridgehead atoms. The number of phosphoric acid groups is 1. The van der Waals surface area contributed by atoms with Gasteiger partial charge in [0.15, 0.2) is 0 Å². The first kappa shape index (κ1) is 78.5. The Hall–Kier alpha value is -1.54. The number of aliphatic hydroxyl groups excluding tert-OH is 1. The van der Waals surface area contributed by atoms with Gasteiger partial charge in [-0.3, -0.25) is 9.36 Å². The van der Waals surface area contributed by atoms with E-state index in [1.165, 1.54) is 283 Å². The fourth-order valence-electron chi connectivity index (χ4n) is 10.5. The summed E-state index contributed by atoms with van der Waals surface area (Å²) < 4.78 is 23.4. The highest BCUT2D eigenvalue weighted by molar-refractivity contribution is 7.45. The predicted molar refractivity (Wildman–Crippen MR) is 348 cm³/mol. The van der Waals surface area contributed by atoms with Crippen molar-refractivity contribution in [3.63, 3.8) is 0 Å². The Morgan fingerprint density at radius 3 is 1.01 bits per heavy atom. The van der Waals surface area contributed by atoms with Crippen LogP contribution >= 0.6 is 7.82 Å². The number of phosphoric ester groups is 1. The van der Waals surface area contributed by atoms with E-state index in [0.29, 0.717) is 17.4 Å². The molecule has 3 atom stereocenters. The standard InChI is InChI=1S/C71H137N2O6P/c1-6-8-10-12-14-16-18-20-22-24-26-28-30-31-32-33-34-35-36-37-38-39-40-41-43-45-47-49-51-53-55-57-59-61-63-65-71(75)72-69(68-79-80(76,77)78-67-66-73(3,4)5)70(74)64-62-60-58-56-54-52-50-48-46-44-42-29-27-25-23-21-19-17-15-13-11-9-7-2/h33-34,46,48,54,56,62,64,69-70,74H,6-32,35-45,47,49-53,55,57-61,63,65-68H2,1-5H3,(H-,72,75,76,77)/b34-33-,48-46+,56-54+,64-62+. The third-order valence-electron chi connectivity index (χ3n) is 16.0. The van der Waals surface area contributed by atoms with Crippen LogP contribution in [0.4, 0.5) is 0 Å². The van der Waals surface area contributed by atoms with Gasteiger partial charge < -0.3 is 28.8 Å². The highest BCUT2D eigenvalue weighted by Crippen LogP contribution is 2.38. The molecule has 0 saturated carbocycles. The maximum atomic E-state index is 13.0. The van der Waals surface area contributed by atoms with Crippen molar-refractivity contribution in [3.05, 3.63) is 48.6 Å². The number of nitrogens with one attached hydrogen (secondary N) is 1. The first-order chi connectivity index (χ1) is 39.0. The van der Waals surface area contributed by atoms with Crippen molar-refractivity contribution < 1.29 is 32.9 Å². The second-order valence-corrected chi connectivity index (χ2v) is 26.6. The van der Waals surface area contributed by atoms with Crippen molar-refractivity contribution in [3.8, 4) is 0 Å². The Bertz CT molecular complexity index is 1440. The molecule has 3 unspecified atom stereocenters. The van der Waals surface area contributed by atoms with Crippen molar-refractivity contribution in [2.24, 2.45) is 0 Å². The van der Waals surface area contributed by atoms with Gasteiger partial charge >= 0.3 is 0 Å². The van der Waals surface area contributed by atoms with Gasteiger partial charge in [0.05, 0.1) is 39.9 Å². The van der Waals surface area contributed by atoms with Crippen LogP contribution in [0.2, 0.25) is 0 Å². The zero-order valence-electron chi connectivity index (χ0n) is 54.0. The molecule has 0 aliphatic carbocycles. The van der Waals surface area contributed by atoms with Crippen molar-refractivity contribution >= 4 is 13.7 Å². The molecular weight excluding hydrogens is 1010 g/mol. The van der Waals surface area contributed by atoms with E-state index < -0.39 is 26.6 Å². The molecule has 80 heavy (non-hydrogen) atoms. The number of carbonyl (C=O) groups is 1. The van der Waals surface area contributed by atoms with Gasteiger partial charge in [-0.1, -0.05) is 319 Å². The minimum atomic E-state index is -4.61. The Morgan fingerprint density at radius 2 is 0.700 bits per heavy atom. The summed E-state index contributed by atoms with van der Waals surface area (Å²) in [5.41, 5.74) is 0. The van der Waals surface area contributed by atoms with Crippen LogP contribution < -0.4 is 10.2 Å². The molecular formula is C71H137N2O6P. The minimum absolute atomic E-state index is 0.00835. The predicted octanol–water partition coefficient (Wildman–Crippen LogP) is 21.6. The second kappa shape index (κ2) is 62.0. The van der Waals surface area contributed by atoms with Crippen LogP contribution in [0.1, 0.15) is 348 Å². The van der Waals surface area contributed by atoms with E-state index in [1.807, 2.05) is 27.2 Å². The van der Waals surface area contributed by atoms with Crippen LogP contribution in [0.25, 0.3) is 0 Å². The fraction of sp³-hybridized carbons (Fsp3) is 0.873. The summed E-state index contributed by atoms with van der Waals surface area (Å²) in [6.07, 6.45) is 83.9. The summed E-state index contributed by atoms with van der Waals surface area (Å²) >= 11 is 0.